The lowest BCUT2D eigenvalue weighted by Gasteiger charge is -2.42. The number of nitrogens with zero attached hydrogens (tertiary/aromatic N) is 2. The van der Waals surface area contributed by atoms with Gasteiger partial charge in [-0.3, -0.25) is 4.79 Å². The van der Waals surface area contributed by atoms with E-state index in [2.05, 4.69) is 20.7 Å². The molecule has 5 nitrogen and oxygen atoms in total. The van der Waals surface area contributed by atoms with Crippen LogP contribution in [0.5, 0.6) is 0 Å². The molecule has 0 aromatic carbocycles. The van der Waals surface area contributed by atoms with Crippen molar-refractivity contribution in [1.82, 2.24) is 20.7 Å². The first-order valence-electron chi connectivity index (χ1n) is 8.96. The van der Waals surface area contributed by atoms with E-state index in [-0.39, 0.29) is 11.8 Å². The molecule has 2 fully saturated rings. The van der Waals surface area contributed by atoms with Crippen LogP contribution in [0.1, 0.15) is 69.2 Å². The van der Waals surface area contributed by atoms with E-state index in [1.807, 2.05) is 0 Å². The van der Waals surface area contributed by atoms with Crippen LogP contribution < -0.4 is 5.32 Å². The largest absolute Gasteiger partial charge is 0.353 e. The van der Waals surface area contributed by atoms with Crippen LogP contribution in [0.3, 0.4) is 0 Å². The van der Waals surface area contributed by atoms with Crippen LogP contribution in [0.15, 0.2) is 0 Å². The second-order valence-electron chi connectivity index (χ2n) is 7.53. The number of hydrogen-bond donors (Lipinski definition) is 2. The van der Waals surface area contributed by atoms with Crippen LogP contribution in [0.25, 0.3) is 0 Å². The average Bonchev–Trinajstić information content (AvgIpc) is 3.18. The van der Waals surface area contributed by atoms with Crippen LogP contribution in [0.4, 0.5) is 0 Å². The molecule has 5 heteroatoms. The van der Waals surface area contributed by atoms with E-state index >= 15 is 0 Å². The van der Waals surface area contributed by atoms with Gasteiger partial charge in [-0.25, -0.2) is 0 Å². The second kappa shape index (κ2) is 5.67. The molecule has 2 saturated carbocycles. The molecule has 1 aromatic heterocycles. The third kappa shape index (κ3) is 2.44. The van der Waals surface area contributed by atoms with Gasteiger partial charge >= 0.3 is 0 Å². The number of hydrogen-bond acceptors (Lipinski definition) is 3. The van der Waals surface area contributed by atoms with E-state index in [1.54, 1.807) is 0 Å². The van der Waals surface area contributed by atoms with Gasteiger partial charge < -0.3 is 5.32 Å². The van der Waals surface area contributed by atoms with Gasteiger partial charge in [-0.2, -0.15) is 15.4 Å². The molecule has 3 aliphatic rings. The molecule has 4 rings (SSSR count). The average molecular weight is 302 g/mol. The zero-order valence-electron chi connectivity index (χ0n) is 13.2. The van der Waals surface area contributed by atoms with Crippen molar-refractivity contribution < 1.29 is 4.79 Å². The molecule has 1 aromatic rings. The Bertz CT molecular complexity index is 547. The van der Waals surface area contributed by atoms with Gasteiger partial charge in [0.25, 0.3) is 0 Å². The van der Waals surface area contributed by atoms with Gasteiger partial charge in [-0.1, -0.05) is 25.7 Å². The molecule has 2 N–H and O–H groups in total. The summed E-state index contributed by atoms with van der Waals surface area (Å²) in [6, 6.07) is 0.412. The fraction of sp³-hybridized carbons (Fsp3) is 0.824. The van der Waals surface area contributed by atoms with Crippen molar-refractivity contribution in [2.24, 2.45) is 11.3 Å². The van der Waals surface area contributed by atoms with Crippen molar-refractivity contribution in [3.8, 4) is 0 Å². The Morgan fingerprint density at radius 2 is 1.77 bits per heavy atom. The van der Waals surface area contributed by atoms with Crippen LogP contribution in [-0.2, 0) is 17.6 Å². The summed E-state index contributed by atoms with van der Waals surface area (Å²) in [6.07, 6.45) is 13.0. The molecular formula is C17H26N4O. The molecule has 0 aliphatic heterocycles. The normalized spacial score (nSPS) is 30.2. The summed E-state index contributed by atoms with van der Waals surface area (Å²) in [5.41, 5.74) is 2.46. The Morgan fingerprint density at radius 3 is 2.59 bits per heavy atom. The quantitative estimate of drug-likeness (QED) is 0.882. The highest BCUT2D eigenvalue weighted by molar-refractivity contribution is 5.79. The molecule has 3 aliphatic carbocycles. The summed E-state index contributed by atoms with van der Waals surface area (Å²) >= 11 is 0. The minimum Gasteiger partial charge on any atom is -0.353 e. The smallest absolute Gasteiger partial charge is 0.223 e. The van der Waals surface area contributed by atoms with Crippen molar-refractivity contribution in [1.29, 1.82) is 0 Å². The van der Waals surface area contributed by atoms with Crippen molar-refractivity contribution >= 4 is 5.91 Å². The SMILES string of the molecule is O=C(NC1CCCCC12CCCC2)C1CCc2n[nH]nc2C1. The monoisotopic (exact) mass is 302 g/mol. The van der Waals surface area contributed by atoms with Gasteiger partial charge in [0.15, 0.2) is 0 Å². The van der Waals surface area contributed by atoms with Crippen LogP contribution in [0.2, 0.25) is 0 Å². The van der Waals surface area contributed by atoms with Crippen molar-refractivity contribution in [2.75, 3.05) is 0 Å². The number of aromatic nitrogens is 3. The highest BCUT2D eigenvalue weighted by Crippen LogP contribution is 2.49. The number of carbonyl (C=O) groups excluding carboxylic acids is 1. The van der Waals surface area contributed by atoms with Gasteiger partial charge in [-0.05, 0) is 43.9 Å². The number of nitrogens with one attached hydrogen (secondary N) is 2. The van der Waals surface area contributed by atoms with Crippen molar-refractivity contribution in [2.45, 2.75) is 76.7 Å². The van der Waals surface area contributed by atoms with Gasteiger partial charge in [0, 0.05) is 18.4 Å². The topological polar surface area (TPSA) is 70.7 Å². The minimum absolute atomic E-state index is 0.0815. The van der Waals surface area contributed by atoms with Crippen LogP contribution >= 0.6 is 0 Å². The van der Waals surface area contributed by atoms with Crippen molar-refractivity contribution in [3.05, 3.63) is 11.4 Å². The number of amides is 1. The van der Waals surface area contributed by atoms with E-state index in [0.29, 0.717) is 11.5 Å². The third-order valence-electron chi connectivity index (χ3n) is 6.32. The lowest BCUT2D eigenvalue weighted by molar-refractivity contribution is -0.127. The highest BCUT2D eigenvalue weighted by atomic mass is 16.2. The van der Waals surface area contributed by atoms with Gasteiger partial charge in [-0.15, -0.1) is 0 Å². The molecule has 22 heavy (non-hydrogen) atoms. The molecule has 0 bridgehead atoms. The molecule has 2 atom stereocenters. The maximum Gasteiger partial charge on any atom is 0.223 e. The molecule has 120 valence electrons. The van der Waals surface area contributed by atoms with Gasteiger partial charge in [0.1, 0.15) is 0 Å². The number of aryl methyl sites for hydroxylation is 1. The predicted molar refractivity (Wildman–Crippen MR) is 83.2 cm³/mol. The number of fused-ring (bicyclic) bond motifs is 1. The molecule has 2 unspecified atom stereocenters. The van der Waals surface area contributed by atoms with Crippen LogP contribution in [0, 0.1) is 11.3 Å². The maximum atomic E-state index is 12.8. The molecule has 1 spiro atoms. The summed E-state index contributed by atoms with van der Waals surface area (Å²) in [5.74, 6) is 0.338. The van der Waals surface area contributed by atoms with Crippen molar-refractivity contribution in [3.63, 3.8) is 0 Å². The lowest BCUT2D eigenvalue weighted by Crippen LogP contribution is -2.50. The maximum absolute atomic E-state index is 12.8. The Hall–Kier alpha value is -1.39. The number of rotatable bonds is 2. The number of aromatic amines is 1. The fourth-order valence-corrected chi connectivity index (χ4v) is 5.01. The molecule has 0 radical (unpaired) electrons. The van der Waals surface area contributed by atoms with E-state index < -0.39 is 0 Å². The fourth-order valence-electron chi connectivity index (χ4n) is 5.01. The van der Waals surface area contributed by atoms with E-state index in [0.717, 1.165) is 30.7 Å². The van der Waals surface area contributed by atoms with E-state index in [1.165, 1.54) is 51.4 Å². The first kappa shape index (κ1) is 14.2. The number of H-pyrrole nitrogens is 1. The summed E-state index contributed by atoms with van der Waals surface area (Å²) < 4.78 is 0. The Labute approximate surface area is 131 Å². The first-order valence-corrected chi connectivity index (χ1v) is 8.96. The first-order chi connectivity index (χ1) is 10.8. The molecular weight excluding hydrogens is 276 g/mol. The number of carbonyl (C=O) groups is 1. The second-order valence-corrected chi connectivity index (χ2v) is 7.53. The van der Waals surface area contributed by atoms with Gasteiger partial charge in [0.05, 0.1) is 11.4 Å². The Morgan fingerprint density at radius 1 is 1.05 bits per heavy atom. The van der Waals surface area contributed by atoms with E-state index in [4.69, 9.17) is 0 Å². The third-order valence-corrected chi connectivity index (χ3v) is 6.32. The molecule has 0 saturated heterocycles. The molecule has 1 amide bonds. The predicted octanol–water partition coefficient (Wildman–Crippen LogP) is 2.53. The van der Waals surface area contributed by atoms with Gasteiger partial charge in [0.2, 0.25) is 5.91 Å². The summed E-state index contributed by atoms with van der Waals surface area (Å²) in [6.45, 7) is 0. The minimum atomic E-state index is 0.0815. The van der Waals surface area contributed by atoms with E-state index in [9.17, 15) is 4.79 Å². The summed E-state index contributed by atoms with van der Waals surface area (Å²) in [7, 11) is 0. The summed E-state index contributed by atoms with van der Waals surface area (Å²) in [4.78, 5) is 12.8. The van der Waals surface area contributed by atoms with Crippen LogP contribution in [-0.4, -0.2) is 27.4 Å². The highest BCUT2D eigenvalue weighted by Gasteiger charge is 2.43. The zero-order valence-corrected chi connectivity index (χ0v) is 13.2. The Kier molecular flexibility index (Phi) is 3.66. The lowest BCUT2D eigenvalue weighted by atomic mass is 9.69. The standard InChI is InChI=1S/C17H26N4O/c22-16(12-6-7-13-14(11-12)20-21-19-13)18-15-5-1-2-8-17(15)9-3-4-10-17/h12,15H,1-11H2,(H,18,22)(H,19,20,21). The molecule has 1 heterocycles. The Balaban J connectivity index is 1.43. The zero-order chi connectivity index (χ0) is 15.0. The summed E-state index contributed by atoms with van der Waals surface area (Å²) in [5, 5.41) is 14.5.